The van der Waals surface area contributed by atoms with Crippen LogP contribution in [0.15, 0.2) is 60.2 Å². The van der Waals surface area contributed by atoms with E-state index in [1.165, 1.54) is 11.3 Å². The number of nitrogens with zero attached hydrogens (tertiary/aromatic N) is 2. The van der Waals surface area contributed by atoms with Crippen molar-refractivity contribution in [2.45, 2.75) is 5.75 Å². The zero-order valence-electron chi connectivity index (χ0n) is 13.8. The standard InChI is InChI=1S/C18H13F2N3O2S2/c19-13-5-6-15(20)12(9-13)11-27(24,25)22-16-4-2-1-3-14(16)17-10-23-7-8-26-18(23)21-17/h1-10,22H,11H2. The molecule has 0 unspecified atom stereocenters. The lowest BCUT2D eigenvalue weighted by atomic mass is 10.1. The van der Waals surface area contributed by atoms with E-state index in [4.69, 9.17) is 0 Å². The average molecular weight is 405 g/mol. The molecule has 0 aliphatic heterocycles. The third-order valence-electron chi connectivity index (χ3n) is 3.92. The number of hydrogen-bond donors (Lipinski definition) is 1. The van der Waals surface area contributed by atoms with Crippen molar-refractivity contribution >= 4 is 32.0 Å². The predicted molar refractivity (Wildman–Crippen MR) is 101 cm³/mol. The Bertz CT molecular complexity index is 1200. The van der Waals surface area contributed by atoms with Crippen LogP contribution in [0.2, 0.25) is 0 Å². The lowest BCUT2D eigenvalue weighted by Crippen LogP contribution is -2.16. The van der Waals surface area contributed by atoms with Crippen LogP contribution < -0.4 is 4.72 Å². The summed E-state index contributed by atoms with van der Waals surface area (Å²) in [5.74, 6) is -2.15. The monoisotopic (exact) mass is 405 g/mol. The molecule has 2 heterocycles. The number of aromatic nitrogens is 2. The topological polar surface area (TPSA) is 63.5 Å². The van der Waals surface area contributed by atoms with Gasteiger partial charge in [-0.2, -0.15) is 0 Å². The lowest BCUT2D eigenvalue weighted by Gasteiger charge is -2.12. The van der Waals surface area contributed by atoms with Crippen LogP contribution in [0.3, 0.4) is 0 Å². The number of thiazole rings is 1. The third kappa shape index (κ3) is 3.69. The zero-order valence-corrected chi connectivity index (χ0v) is 15.4. The first kappa shape index (κ1) is 17.6. The molecule has 4 rings (SSSR count). The largest absolute Gasteiger partial charge is 0.297 e. The van der Waals surface area contributed by atoms with Gasteiger partial charge in [0.25, 0.3) is 0 Å². The average Bonchev–Trinajstić information content (AvgIpc) is 3.20. The molecule has 0 saturated carbocycles. The van der Waals surface area contributed by atoms with Crippen LogP contribution in [0.25, 0.3) is 16.2 Å². The second-order valence-corrected chi connectivity index (χ2v) is 8.46. The van der Waals surface area contributed by atoms with Crippen molar-refractivity contribution < 1.29 is 17.2 Å². The van der Waals surface area contributed by atoms with Gasteiger partial charge in [0.05, 0.1) is 17.1 Å². The second-order valence-electron chi connectivity index (χ2n) is 5.86. The number of halogens is 2. The Labute approximate surface area is 158 Å². The predicted octanol–water partition coefficient (Wildman–Crippen LogP) is 4.28. The second kappa shape index (κ2) is 6.75. The number of para-hydroxylation sites is 1. The van der Waals surface area contributed by atoms with Crippen molar-refractivity contribution in [2.75, 3.05) is 4.72 Å². The molecule has 9 heteroatoms. The Morgan fingerprint density at radius 2 is 1.96 bits per heavy atom. The fourth-order valence-electron chi connectivity index (χ4n) is 2.71. The number of hydrogen-bond acceptors (Lipinski definition) is 4. The molecule has 0 spiro atoms. The normalized spacial score (nSPS) is 11.8. The van der Waals surface area contributed by atoms with Crippen LogP contribution in [0.1, 0.15) is 5.56 Å². The molecule has 0 aliphatic rings. The molecular formula is C18H13F2N3O2S2. The van der Waals surface area contributed by atoms with Gasteiger partial charge in [0, 0.05) is 28.9 Å². The van der Waals surface area contributed by atoms with E-state index in [1.807, 2.05) is 16.0 Å². The highest BCUT2D eigenvalue weighted by atomic mass is 32.2. The summed E-state index contributed by atoms with van der Waals surface area (Å²) in [6.07, 6.45) is 3.65. The summed E-state index contributed by atoms with van der Waals surface area (Å²) in [7, 11) is -3.96. The van der Waals surface area contributed by atoms with Crippen molar-refractivity contribution in [1.29, 1.82) is 0 Å². The molecule has 0 radical (unpaired) electrons. The SMILES string of the molecule is O=S(=O)(Cc1cc(F)ccc1F)Nc1ccccc1-c1cn2ccsc2n1. The molecule has 5 nitrogen and oxygen atoms in total. The van der Waals surface area contributed by atoms with Gasteiger partial charge in [0.1, 0.15) is 11.6 Å². The minimum atomic E-state index is -3.96. The molecule has 138 valence electrons. The Kier molecular flexibility index (Phi) is 4.40. The van der Waals surface area contributed by atoms with Crippen molar-refractivity contribution in [3.05, 3.63) is 77.4 Å². The van der Waals surface area contributed by atoms with Crippen LogP contribution >= 0.6 is 11.3 Å². The van der Waals surface area contributed by atoms with E-state index >= 15 is 0 Å². The molecule has 0 amide bonds. The van der Waals surface area contributed by atoms with E-state index in [1.54, 1.807) is 30.5 Å². The summed E-state index contributed by atoms with van der Waals surface area (Å²) in [6.45, 7) is 0. The van der Waals surface area contributed by atoms with Crippen LogP contribution in [-0.4, -0.2) is 17.8 Å². The van der Waals surface area contributed by atoms with Crippen LogP contribution in [-0.2, 0) is 15.8 Å². The van der Waals surface area contributed by atoms with Gasteiger partial charge < -0.3 is 0 Å². The van der Waals surface area contributed by atoms with Crippen molar-refractivity contribution in [1.82, 2.24) is 9.38 Å². The summed E-state index contributed by atoms with van der Waals surface area (Å²) in [5.41, 5.74) is 1.29. The van der Waals surface area contributed by atoms with E-state index in [9.17, 15) is 17.2 Å². The fraction of sp³-hybridized carbons (Fsp3) is 0.0556. The smallest absolute Gasteiger partial charge is 0.237 e. The Morgan fingerprint density at radius 1 is 1.15 bits per heavy atom. The number of sulfonamides is 1. The van der Waals surface area contributed by atoms with Gasteiger partial charge in [0.15, 0.2) is 4.96 Å². The highest BCUT2D eigenvalue weighted by molar-refractivity contribution is 7.91. The highest BCUT2D eigenvalue weighted by Crippen LogP contribution is 2.29. The van der Waals surface area contributed by atoms with Gasteiger partial charge in [-0.1, -0.05) is 18.2 Å². The number of rotatable bonds is 5. The van der Waals surface area contributed by atoms with E-state index in [0.29, 0.717) is 16.9 Å². The summed E-state index contributed by atoms with van der Waals surface area (Å²) in [5, 5.41) is 1.90. The van der Waals surface area contributed by atoms with E-state index in [0.717, 1.165) is 23.2 Å². The van der Waals surface area contributed by atoms with Gasteiger partial charge in [-0.15, -0.1) is 11.3 Å². The van der Waals surface area contributed by atoms with E-state index in [-0.39, 0.29) is 5.56 Å². The number of anilines is 1. The van der Waals surface area contributed by atoms with Crippen LogP contribution in [0.5, 0.6) is 0 Å². The molecule has 0 aliphatic carbocycles. The molecule has 0 atom stereocenters. The lowest BCUT2D eigenvalue weighted by molar-refractivity contribution is 0.581. The van der Waals surface area contributed by atoms with Gasteiger partial charge in [-0.25, -0.2) is 22.2 Å². The molecular weight excluding hydrogens is 392 g/mol. The first-order chi connectivity index (χ1) is 12.9. The van der Waals surface area contributed by atoms with Crippen molar-refractivity contribution in [3.8, 4) is 11.3 Å². The van der Waals surface area contributed by atoms with E-state index in [2.05, 4.69) is 9.71 Å². The first-order valence-corrected chi connectivity index (χ1v) is 10.4. The third-order valence-corrected chi connectivity index (χ3v) is 5.91. The van der Waals surface area contributed by atoms with E-state index < -0.39 is 27.4 Å². The molecule has 2 aromatic carbocycles. The summed E-state index contributed by atoms with van der Waals surface area (Å²) < 4.78 is 56.4. The van der Waals surface area contributed by atoms with Gasteiger partial charge in [0.2, 0.25) is 10.0 Å². The summed E-state index contributed by atoms with van der Waals surface area (Å²) in [6, 6.07) is 9.53. The maximum absolute atomic E-state index is 13.8. The number of benzene rings is 2. The minimum Gasteiger partial charge on any atom is -0.297 e. The Morgan fingerprint density at radius 3 is 2.78 bits per heavy atom. The van der Waals surface area contributed by atoms with Crippen LogP contribution in [0, 0.1) is 11.6 Å². The zero-order chi connectivity index (χ0) is 19.0. The van der Waals surface area contributed by atoms with Gasteiger partial charge >= 0.3 is 0 Å². The molecule has 0 bridgehead atoms. The number of nitrogens with one attached hydrogen (secondary N) is 1. The molecule has 1 N–H and O–H groups in total. The molecule has 0 fully saturated rings. The molecule has 4 aromatic rings. The number of imidazole rings is 1. The van der Waals surface area contributed by atoms with Gasteiger partial charge in [-0.05, 0) is 24.3 Å². The minimum absolute atomic E-state index is 0.234. The van der Waals surface area contributed by atoms with Crippen molar-refractivity contribution in [3.63, 3.8) is 0 Å². The summed E-state index contributed by atoms with van der Waals surface area (Å²) in [4.78, 5) is 5.26. The molecule has 2 aromatic heterocycles. The van der Waals surface area contributed by atoms with Crippen LogP contribution in [0.4, 0.5) is 14.5 Å². The summed E-state index contributed by atoms with van der Waals surface area (Å²) >= 11 is 1.46. The van der Waals surface area contributed by atoms with Gasteiger partial charge in [-0.3, -0.25) is 9.12 Å². The van der Waals surface area contributed by atoms with Crippen molar-refractivity contribution in [2.24, 2.45) is 0 Å². The highest BCUT2D eigenvalue weighted by Gasteiger charge is 2.18. The maximum atomic E-state index is 13.8. The Balaban J connectivity index is 1.66. The quantitative estimate of drug-likeness (QED) is 0.539. The number of fused-ring (bicyclic) bond motifs is 1. The maximum Gasteiger partial charge on any atom is 0.237 e. The first-order valence-electron chi connectivity index (χ1n) is 7.87. The Hall–Kier alpha value is -2.78. The fourth-order valence-corrected chi connectivity index (χ4v) is 4.63. The molecule has 0 saturated heterocycles. The molecule has 27 heavy (non-hydrogen) atoms.